The number of esters is 1. The molecule has 1 fully saturated rings. The first-order chi connectivity index (χ1) is 13.2. The van der Waals surface area contributed by atoms with Crippen molar-refractivity contribution in [3.05, 3.63) is 71.1 Å². The highest BCUT2D eigenvalue weighted by molar-refractivity contribution is 8.19. The van der Waals surface area contributed by atoms with E-state index in [1.807, 2.05) is 79.0 Å². The molecule has 2 aromatic carbocycles. The van der Waals surface area contributed by atoms with Gasteiger partial charge in [0.2, 0.25) is 5.82 Å². The molecular weight excluding hydrogens is 380 g/mol. The van der Waals surface area contributed by atoms with Crippen LogP contribution in [-0.2, 0) is 11.3 Å². The van der Waals surface area contributed by atoms with Crippen molar-refractivity contribution in [2.45, 2.75) is 18.1 Å². The number of benzene rings is 2. The van der Waals surface area contributed by atoms with E-state index in [9.17, 15) is 4.79 Å². The topological polar surface area (TPSA) is 65.2 Å². The summed E-state index contributed by atoms with van der Waals surface area (Å²) in [4.78, 5) is 16.5. The SMILES string of the molecule is Cc1ccc(-c2noc(COC(=O)c3ccc(C4SCCS4)cc3)n2)cc1. The third-order valence-corrected chi connectivity index (χ3v) is 7.25. The molecule has 0 atom stereocenters. The number of carbonyl (C=O) groups excluding carboxylic acids is 1. The fourth-order valence-corrected chi connectivity index (χ4v) is 5.53. The molecular formula is C20H18N2O3S2. The van der Waals surface area contributed by atoms with E-state index in [1.165, 1.54) is 17.1 Å². The van der Waals surface area contributed by atoms with Gasteiger partial charge in [0.05, 0.1) is 10.1 Å². The zero-order valence-corrected chi connectivity index (χ0v) is 16.4. The van der Waals surface area contributed by atoms with Crippen molar-refractivity contribution in [3.63, 3.8) is 0 Å². The monoisotopic (exact) mass is 398 g/mol. The number of aryl methyl sites for hydroxylation is 1. The van der Waals surface area contributed by atoms with E-state index in [0.717, 1.165) is 11.1 Å². The molecule has 138 valence electrons. The Kier molecular flexibility index (Phi) is 5.50. The van der Waals surface area contributed by atoms with Crippen LogP contribution in [0.5, 0.6) is 0 Å². The minimum atomic E-state index is -0.400. The Morgan fingerprint density at radius 2 is 1.81 bits per heavy atom. The van der Waals surface area contributed by atoms with Crippen LogP contribution in [0.4, 0.5) is 0 Å². The van der Waals surface area contributed by atoms with E-state index >= 15 is 0 Å². The molecule has 0 saturated carbocycles. The second-order valence-electron chi connectivity index (χ2n) is 6.15. The van der Waals surface area contributed by atoms with Crippen molar-refractivity contribution < 1.29 is 14.1 Å². The molecule has 0 spiro atoms. The normalized spacial score (nSPS) is 14.4. The second-order valence-corrected chi connectivity index (χ2v) is 8.87. The standard InChI is InChI=1S/C20H18N2O3S2/c1-13-2-4-14(5-3-13)18-21-17(25-22-18)12-24-19(23)15-6-8-16(9-7-15)20-26-10-11-27-20/h2-9,20H,10-12H2,1H3. The van der Waals surface area contributed by atoms with Gasteiger partial charge in [0.25, 0.3) is 5.89 Å². The minimum absolute atomic E-state index is 0.0478. The lowest BCUT2D eigenvalue weighted by Gasteiger charge is -2.08. The first-order valence-corrected chi connectivity index (χ1v) is 10.7. The molecule has 7 heteroatoms. The van der Waals surface area contributed by atoms with E-state index in [-0.39, 0.29) is 12.5 Å². The maximum Gasteiger partial charge on any atom is 0.338 e. The molecule has 5 nitrogen and oxygen atoms in total. The minimum Gasteiger partial charge on any atom is -0.452 e. The van der Waals surface area contributed by atoms with Crippen LogP contribution in [0, 0.1) is 6.92 Å². The van der Waals surface area contributed by atoms with Crippen molar-refractivity contribution in [3.8, 4) is 11.4 Å². The Balaban J connectivity index is 1.35. The van der Waals surface area contributed by atoms with Gasteiger partial charge < -0.3 is 9.26 Å². The number of carbonyl (C=O) groups is 1. The molecule has 1 aliphatic rings. The molecule has 4 rings (SSSR count). The maximum atomic E-state index is 12.2. The van der Waals surface area contributed by atoms with Gasteiger partial charge in [-0.15, -0.1) is 23.5 Å². The molecule has 0 N–H and O–H groups in total. The van der Waals surface area contributed by atoms with Gasteiger partial charge >= 0.3 is 5.97 Å². The van der Waals surface area contributed by atoms with E-state index in [2.05, 4.69) is 10.1 Å². The summed E-state index contributed by atoms with van der Waals surface area (Å²) in [6, 6.07) is 15.4. The summed E-state index contributed by atoms with van der Waals surface area (Å²) in [5.41, 5.74) is 3.77. The van der Waals surface area contributed by atoms with Crippen LogP contribution in [0.25, 0.3) is 11.4 Å². The van der Waals surface area contributed by atoms with E-state index in [4.69, 9.17) is 9.26 Å². The van der Waals surface area contributed by atoms with Gasteiger partial charge in [-0.05, 0) is 24.6 Å². The van der Waals surface area contributed by atoms with Crippen LogP contribution in [-0.4, -0.2) is 27.6 Å². The molecule has 0 amide bonds. The van der Waals surface area contributed by atoms with Gasteiger partial charge in [-0.25, -0.2) is 4.79 Å². The Morgan fingerprint density at radius 3 is 2.52 bits per heavy atom. The van der Waals surface area contributed by atoms with Crippen molar-refractivity contribution in [1.82, 2.24) is 10.1 Å². The Bertz CT molecular complexity index is 917. The van der Waals surface area contributed by atoms with Crippen molar-refractivity contribution in [1.29, 1.82) is 0 Å². The number of nitrogens with zero attached hydrogens (tertiary/aromatic N) is 2. The number of hydrogen-bond donors (Lipinski definition) is 0. The fourth-order valence-electron chi connectivity index (χ4n) is 2.67. The van der Waals surface area contributed by atoms with Gasteiger partial charge in [0.1, 0.15) is 0 Å². The molecule has 0 bridgehead atoms. The lowest BCUT2D eigenvalue weighted by Crippen LogP contribution is -2.05. The van der Waals surface area contributed by atoms with E-state index < -0.39 is 5.97 Å². The predicted molar refractivity (Wildman–Crippen MR) is 108 cm³/mol. The Labute approximate surface area is 165 Å². The highest BCUT2D eigenvalue weighted by Crippen LogP contribution is 2.45. The molecule has 0 radical (unpaired) electrons. The summed E-state index contributed by atoms with van der Waals surface area (Å²) in [7, 11) is 0. The predicted octanol–water partition coefficient (Wildman–Crippen LogP) is 4.88. The lowest BCUT2D eigenvalue weighted by molar-refractivity contribution is 0.0430. The third kappa shape index (κ3) is 4.36. The number of thioether (sulfide) groups is 2. The average molecular weight is 399 g/mol. The van der Waals surface area contributed by atoms with Gasteiger partial charge in [-0.2, -0.15) is 4.98 Å². The van der Waals surface area contributed by atoms with Crippen molar-refractivity contribution in [2.75, 3.05) is 11.5 Å². The zero-order valence-electron chi connectivity index (χ0n) is 14.8. The first-order valence-electron chi connectivity index (χ1n) is 8.59. The molecule has 1 aromatic heterocycles. The molecule has 2 heterocycles. The van der Waals surface area contributed by atoms with E-state index in [1.54, 1.807) is 0 Å². The van der Waals surface area contributed by atoms with Crippen LogP contribution in [0.1, 0.15) is 32.0 Å². The van der Waals surface area contributed by atoms with Crippen LogP contribution < -0.4 is 0 Å². The smallest absolute Gasteiger partial charge is 0.338 e. The fraction of sp³-hybridized carbons (Fsp3) is 0.250. The second kappa shape index (κ2) is 8.19. The van der Waals surface area contributed by atoms with Crippen LogP contribution in [0.2, 0.25) is 0 Å². The summed E-state index contributed by atoms with van der Waals surface area (Å²) in [6.07, 6.45) is 0. The Hall–Kier alpha value is -2.25. The van der Waals surface area contributed by atoms with Crippen molar-refractivity contribution in [2.24, 2.45) is 0 Å². The average Bonchev–Trinajstić information content (AvgIpc) is 3.39. The number of aromatic nitrogens is 2. The molecule has 1 aliphatic heterocycles. The molecule has 0 unspecified atom stereocenters. The largest absolute Gasteiger partial charge is 0.452 e. The summed E-state index contributed by atoms with van der Waals surface area (Å²) < 4.78 is 10.9. The summed E-state index contributed by atoms with van der Waals surface area (Å²) in [6.45, 7) is 1.97. The van der Waals surface area contributed by atoms with Crippen LogP contribution >= 0.6 is 23.5 Å². The highest BCUT2D eigenvalue weighted by atomic mass is 32.2. The number of hydrogen-bond acceptors (Lipinski definition) is 7. The van der Waals surface area contributed by atoms with E-state index in [0.29, 0.717) is 16.0 Å². The van der Waals surface area contributed by atoms with Crippen molar-refractivity contribution >= 4 is 29.5 Å². The molecule has 1 saturated heterocycles. The van der Waals surface area contributed by atoms with Gasteiger partial charge in [-0.1, -0.05) is 47.1 Å². The van der Waals surface area contributed by atoms with Crippen LogP contribution in [0.3, 0.4) is 0 Å². The molecule has 27 heavy (non-hydrogen) atoms. The maximum absolute atomic E-state index is 12.2. The van der Waals surface area contributed by atoms with Gasteiger partial charge in [-0.3, -0.25) is 0 Å². The Morgan fingerprint density at radius 1 is 1.11 bits per heavy atom. The lowest BCUT2D eigenvalue weighted by atomic mass is 10.1. The summed E-state index contributed by atoms with van der Waals surface area (Å²) >= 11 is 3.88. The number of ether oxygens (including phenoxy) is 1. The third-order valence-electron chi connectivity index (χ3n) is 4.14. The number of rotatable bonds is 5. The zero-order chi connectivity index (χ0) is 18.6. The van der Waals surface area contributed by atoms with Gasteiger partial charge in [0, 0.05) is 17.1 Å². The quantitative estimate of drug-likeness (QED) is 0.567. The molecule has 3 aromatic rings. The molecule has 0 aliphatic carbocycles. The highest BCUT2D eigenvalue weighted by Gasteiger charge is 2.19. The summed E-state index contributed by atoms with van der Waals surface area (Å²) in [5.74, 6) is 2.71. The van der Waals surface area contributed by atoms with Crippen LogP contribution in [0.15, 0.2) is 53.1 Å². The first kappa shape index (κ1) is 18.1. The summed E-state index contributed by atoms with van der Waals surface area (Å²) in [5, 5.41) is 3.94. The van der Waals surface area contributed by atoms with Gasteiger partial charge in [0.15, 0.2) is 6.61 Å².